The van der Waals surface area contributed by atoms with E-state index in [9.17, 15) is 9.59 Å². The Morgan fingerprint density at radius 1 is 1.24 bits per heavy atom. The van der Waals surface area contributed by atoms with Gasteiger partial charge in [0.2, 0.25) is 5.91 Å². The van der Waals surface area contributed by atoms with Gasteiger partial charge in [-0.3, -0.25) is 14.9 Å². The van der Waals surface area contributed by atoms with Crippen molar-refractivity contribution < 1.29 is 14.3 Å². The molecule has 3 rings (SSSR count). The van der Waals surface area contributed by atoms with Gasteiger partial charge < -0.3 is 10.5 Å². The smallest absolute Gasteiger partial charge is 0.264 e. The highest BCUT2D eigenvalue weighted by molar-refractivity contribution is 9.10. The molecule has 25 heavy (non-hydrogen) atoms. The number of rotatable bonds is 6. The molecule has 0 atom stereocenters. The molecule has 0 saturated carbocycles. The number of thiazole rings is 1. The molecular formula is C17H14BrN3O3S. The Bertz CT molecular complexity index is 942. The Labute approximate surface area is 156 Å². The van der Waals surface area contributed by atoms with Crippen molar-refractivity contribution in [3.63, 3.8) is 0 Å². The Hall–Kier alpha value is -2.45. The first-order valence-corrected chi connectivity index (χ1v) is 9.03. The average Bonchev–Trinajstić information content (AvgIpc) is 3.00. The van der Waals surface area contributed by atoms with Crippen molar-refractivity contribution in [3.8, 4) is 5.75 Å². The van der Waals surface area contributed by atoms with Crippen molar-refractivity contribution in [1.29, 1.82) is 0 Å². The second-order valence-electron chi connectivity index (χ2n) is 5.22. The molecule has 3 aromatic rings. The van der Waals surface area contributed by atoms with Gasteiger partial charge in [0.25, 0.3) is 5.91 Å². The summed E-state index contributed by atoms with van der Waals surface area (Å²) in [4.78, 5) is 27.0. The molecular weight excluding hydrogens is 406 g/mol. The molecule has 1 heterocycles. The van der Waals surface area contributed by atoms with E-state index >= 15 is 0 Å². The molecule has 0 saturated heterocycles. The van der Waals surface area contributed by atoms with Gasteiger partial charge in [-0.25, -0.2) is 4.98 Å². The van der Waals surface area contributed by atoms with Crippen LogP contribution in [0, 0.1) is 0 Å². The lowest BCUT2D eigenvalue weighted by Gasteiger charge is -2.10. The van der Waals surface area contributed by atoms with Crippen LogP contribution in [0.3, 0.4) is 0 Å². The van der Waals surface area contributed by atoms with Crippen LogP contribution in [0.1, 0.15) is 5.69 Å². The van der Waals surface area contributed by atoms with E-state index in [0.29, 0.717) is 16.6 Å². The quantitative estimate of drug-likeness (QED) is 0.641. The lowest BCUT2D eigenvalue weighted by atomic mass is 10.1. The van der Waals surface area contributed by atoms with Gasteiger partial charge in [0.1, 0.15) is 5.75 Å². The number of amides is 2. The number of nitrogens with one attached hydrogen (secondary N) is 1. The number of fused-ring (bicyclic) bond motifs is 1. The van der Waals surface area contributed by atoms with Gasteiger partial charge in [0, 0.05) is 5.38 Å². The number of aromatic nitrogens is 1. The number of halogens is 1. The van der Waals surface area contributed by atoms with E-state index in [1.807, 2.05) is 36.4 Å². The van der Waals surface area contributed by atoms with E-state index in [4.69, 9.17) is 10.5 Å². The molecule has 0 unspecified atom stereocenters. The van der Waals surface area contributed by atoms with Gasteiger partial charge in [-0.15, -0.1) is 11.3 Å². The predicted octanol–water partition coefficient (Wildman–Crippen LogP) is 3.10. The summed E-state index contributed by atoms with van der Waals surface area (Å²) < 4.78 is 6.40. The molecule has 3 N–H and O–H groups in total. The third-order valence-electron chi connectivity index (χ3n) is 3.34. The molecule has 0 aliphatic heterocycles. The first-order chi connectivity index (χ1) is 12.0. The van der Waals surface area contributed by atoms with Gasteiger partial charge in [-0.05, 0) is 32.8 Å². The van der Waals surface area contributed by atoms with Crippen LogP contribution in [0.15, 0.2) is 46.3 Å². The number of hydrogen-bond acceptors (Lipinski definition) is 5. The van der Waals surface area contributed by atoms with Crippen LogP contribution in [0.4, 0.5) is 5.13 Å². The largest absolute Gasteiger partial charge is 0.483 e. The first-order valence-electron chi connectivity index (χ1n) is 7.35. The van der Waals surface area contributed by atoms with E-state index in [0.717, 1.165) is 15.2 Å². The van der Waals surface area contributed by atoms with E-state index in [1.165, 1.54) is 11.3 Å². The minimum absolute atomic E-state index is 0.0485. The van der Waals surface area contributed by atoms with Crippen LogP contribution in [-0.4, -0.2) is 23.4 Å². The first kappa shape index (κ1) is 17.4. The lowest BCUT2D eigenvalue weighted by Crippen LogP contribution is -2.20. The molecule has 6 nitrogen and oxygen atoms in total. The van der Waals surface area contributed by atoms with Crippen molar-refractivity contribution >= 4 is 55.0 Å². The Morgan fingerprint density at radius 3 is 2.84 bits per heavy atom. The van der Waals surface area contributed by atoms with Crippen LogP contribution in [-0.2, 0) is 16.0 Å². The number of carbonyl (C=O) groups excluding carboxylic acids is 2. The molecule has 0 bridgehead atoms. The van der Waals surface area contributed by atoms with Gasteiger partial charge in [-0.2, -0.15) is 0 Å². The van der Waals surface area contributed by atoms with Crippen LogP contribution >= 0.6 is 27.3 Å². The number of anilines is 1. The fourth-order valence-electron chi connectivity index (χ4n) is 2.25. The highest BCUT2D eigenvalue weighted by Gasteiger charge is 2.11. The number of hydrogen-bond donors (Lipinski definition) is 2. The van der Waals surface area contributed by atoms with Crippen molar-refractivity contribution in [2.24, 2.45) is 5.73 Å². The number of carbonyl (C=O) groups is 2. The minimum atomic E-state index is -0.465. The fourth-order valence-corrected chi connectivity index (χ4v) is 3.58. The van der Waals surface area contributed by atoms with E-state index in [1.54, 1.807) is 5.38 Å². The predicted molar refractivity (Wildman–Crippen MR) is 101 cm³/mol. The molecule has 0 aliphatic rings. The maximum absolute atomic E-state index is 12.0. The van der Waals surface area contributed by atoms with Crippen molar-refractivity contribution in [1.82, 2.24) is 4.98 Å². The lowest BCUT2D eigenvalue weighted by molar-refractivity contribution is -0.118. The summed E-state index contributed by atoms with van der Waals surface area (Å²) in [5.41, 5.74) is 5.65. The zero-order valence-corrected chi connectivity index (χ0v) is 15.4. The number of primary amides is 1. The summed E-state index contributed by atoms with van der Waals surface area (Å²) in [7, 11) is 0. The van der Waals surface area contributed by atoms with Crippen molar-refractivity contribution in [3.05, 3.63) is 51.9 Å². The zero-order chi connectivity index (χ0) is 17.8. The molecule has 0 spiro atoms. The maximum Gasteiger partial charge on any atom is 0.264 e. The van der Waals surface area contributed by atoms with Gasteiger partial charge in [0.05, 0.1) is 16.6 Å². The molecule has 128 valence electrons. The van der Waals surface area contributed by atoms with Gasteiger partial charge in [-0.1, -0.05) is 30.3 Å². The third-order valence-corrected chi connectivity index (χ3v) is 4.96. The second kappa shape index (κ2) is 7.62. The average molecular weight is 420 g/mol. The summed E-state index contributed by atoms with van der Waals surface area (Å²) >= 11 is 4.75. The molecule has 8 heteroatoms. The molecule has 1 aromatic heterocycles. The SMILES string of the molecule is NC(=O)Cc1csc(NC(=O)COc2ccc3ccccc3c2Br)n1. The monoisotopic (exact) mass is 419 g/mol. The summed E-state index contributed by atoms with van der Waals surface area (Å²) in [5, 5.41) is 6.82. The Balaban J connectivity index is 1.61. The summed E-state index contributed by atoms with van der Waals surface area (Å²) in [6.45, 7) is -0.151. The topological polar surface area (TPSA) is 94.3 Å². The number of ether oxygens (including phenoxy) is 1. The zero-order valence-electron chi connectivity index (χ0n) is 13.0. The molecule has 2 aromatic carbocycles. The number of benzene rings is 2. The molecule has 0 aliphatic carbocycles. The number of nitrogens with two attached hydrogens (primary N) is 1. The van der Waals surface area contributed by atoms with Crippen LogP contribution in [0.2, 0.25) is 0 Å². The summed E-state index contributed by atoms with van der Waals surface area (Å²) in [5.74, 6) is -0.213. The fraction of sp³-hybridized carbons (Fsp3) is 0.118. The van der Waals surface area contributed by atoms with Crippen LogP contribution in [0.5, 0.6) is 5.75 Å². The van der Waals surface area contributed by atoms with Crippen molar-refractivity contribution in [2.45, 2.75) is 6.42 Å². The minimum Gasteiger partial charge on any atom is -0.483 e. The third kappa shape index (κ3) is 4.34. The van der Waals surface area contributed by atoms with Gasteiger partial charge in [0.15, 0.2) is 11.7 Å². The second-order valence-corrected chi connectivity index (χ2v) is 6.87. The summed E-state index contributed by atoms with van der Waals surface area (Å²) in [6.07, 6.45) is 0.0485. The Kier molecular flexibility index (Phi) is 5.30. The summed E-state index contributed by atoms with van der Waals surface area (Å²) in [6, 6.07) is 11.6. The normalized spacial score (nSPS) is 10.6. The van der Waals surface area contributed by atoms with E-state index < -0.39 is 5.91 Å². The standard InChI is InChI=1S/C17H14BrN3O3S/c18-16-12-4-2-1-3-10(12)5-6-13(16)24-8-15(23)21-17-20-11(9-25-17)7-14(19)22/h1-6,9H,7-8H2,(H2,19,22)(H,20,21,23). The maximum atomic E-state index is 12.0. The van der Waals surface area contributed by atoms with Gasteiger partial charge >= 0.3 is 0 Å². The van der Waals surface area contributed by atoms with Crippen molar-refractivity contribution in [2.75, 3.05) is 11.9 Å². The van der Waals surface area contributed by atoms with Crippen LogP contribution in [0.25, 0.3) is 10.8 Å². The highest BCUT2D eigenvalue weighted by atomic mass is 79.9. The molecule has 0 fully saturated rings. The molecule has 0 radical (unpaired) electrons. The molecule has 2 amide bonds. The number of nitrogens with zero attached hydrogens (tertiary/aromatic N) is 1. The van der Waals surface area contributed by atoms with E-state index in [-0.39, 0.29) is 18.9 Å². The van der Waals surface area contributed by atoms with E-state index in [2.05, 4.69) is 26.2 Å². The van der Waals surface area contributed by atoms with Crippen LogP contribution < -0.4 is 15.8 Å². The Morgan fingerprint density at radius 2 is 2.04 bits per heavy atom. The highest BCUT2D eigenvalue weighted by Crippen LogP contribution is 2.33.